The van der Waals surface area contributed by atoms with Crippen LogP contribution in [0.1, 0.15) is 34.1 Å². The van der Waals surface area contributed by atoms with E-state index in [1.165, 1.54) is 0 Å². The van der Waals surface area contributed by atoms with Gasteiger partial charge in [-0.1, -0.05) is 157 Å². The lowest BCUT2D eigenvalue weighted by molar-refractivity contribution is -0.375. The van der Waals surface area contributed by atoms with Crippen LogP contribution in [0.3, 0.4) is 0 Å². The molecule has 13 heteroatoms. The van der Waals surface area contributed by atoms with E-state index in [0.29, 0.717) is 6.61 Å². The van der Waals surface area contributed by atoms with Crippen LogP contribution in [-0.4, -0.2) is 74.6 Å². The fourth-order valence-electron chi connectivity index (χ4n) is 7.68. The number of rotatable bonds is 17. The molecular formula is C47H48FN3O9. The minimum Gasteiger partial charge on any atom is -0.374 e. The van der Waals surface area contributed by atoms with E-state index >= 15 is 4.39 Å². The Hall–Kier alpha value is -5.02. The number of nitrogens with zero attached hydrogens (tertiary/aromatic N) is 3. The first-order valence-electron chi connectivity index (χ1n) is 20.2. The highest BCUT2D eigenvalue weighted by atomic mass is 19.1. The largest absolute Gasteiger partial charge is 0.374 e. The van der Waals surface area contributed by atoms with Crippen molar-refractivity contribution in [1.29, 1.82) is 0 Å². The van der Waals surface area contributed by atoms with E-state index in [-0.39, 0.29) is 33.0 Å². The number of benzene rings is 5. The lowest BCUT2D eigenvalue weighted by Crippen LogP contribution is -2.66. The average Bonchev–Trinajstić information content (AvgIpc) is 3.30. The number of azide groups is 1. The van der Waals surface area contributed by atoms with Crippen molar-refractivity contribution in [2.75, 3.05) is 13.2 Å². The zero-order valence-electron chi connectivity index (χ0n) is 32.9. The summed E-state index contributed by atoms with van der Waals surface area (Å²) < 4.78 is 74.8. The molecule has 0 aliphatic carbocycles. The minimum absolute atomic E-state index is 0.00111. The molecular weight excluding hydrogens is 770 g/mol. The maximum absolute atomic E-state index is 16.0. The molecule has 0 amide bonds. The van der Waals surface area contributed by atoms with Crippen molar-refractivity contribution in [3.63, 3.8) is 0 Å². The van der Waals surface area contributed by atoms with E-state index in [9.17, 15) is 5.53 Å². The Bertz CT molecular complexity index is 2070. The van der Waals surface area contributed by atoms with Crippen molar-refractivity contribution in [2.24, 2.45) is 5.11 Å². The lowest BCUT2D eigenvalue weighted by atomic mass is 9.95. The fraction of sp³-hybridized carbons (Fsp3) is 0.362. The monoisotopic (exact) mass is 817 g/mol. The van der Waals surface area contributed by atoms with Crippen LogP contribution < -0.4 is 0 Å². The van der Waals surface area contributed by atoms with Gasteiger partial charge < -0.3 is 42.6 Å². The van der Waals surface area contributed by atoms with Crippen LogP contribution in [0.5, 0.6) is 0 Å². The van der Waals surface area contributed by atoms with Crippen molar-refractivity contribution in [1.82, 2.24) is 0 Å². The molecule has 0 N–H and O–H groups in total. The van der Waals surface area contributed by atoms with Crippen LogP contribution >= 0.6 is 0 Å². The van der Waals surface area contributed by atoms with Crippen molar-refractivity contribution in [2.45, 2.75) is 94.1 Å². The summed E-state index contributed by atoms with van der Waals surface area (Å²) in [5.74, 6) is 0. The first-order chi connectivity index (χ1) is 29.6. The highest BCUT2D eigenvalue weighted by molar-refractivity contribution is 5.18. The van der Waals surface area contributed by atoms with E-state index in [1.807, 2.05) is 152 Å². The second-order valence-corrected chi connectivity index (χ2v) is 14.8. The Morgan fingerprint density at radius 2 is 1.08 bits per heavy atom. The lowest BCUT2D eigenvalue weighted by Gasteiger charge is -2.50. The van der Waals surface area contributed by atoms with Crippen LogP contribution in [-0.2, 0) is 69.1 Å². The second-order valence-electron chi connectivity index (χ2n) is 14.8. The first kappa shape index (κ1) is 41.7. The van der Waals surface area contributed by atoms with Gasteiger partial charge in [0.25, 0.3) is 0 Å². The SMILES string of the molecule is [N-]=[N+]=N[C@@H]1[C@@H](O[C@@H]2O[C@H](COCc3ccccc3)[C@H](OCc3ccccc3)[C@H](OCc3ccccc3)[C@H]2OCc2ccccc2)[C@H]2OC(c3ccccc3)OC[C@H]2O[C@@H]1F. The third-order valence-electron chi connectivity index (χ3n) is 10.7. The van der Waals surface area contributed by atoms with Gasteiger partial charge in [0.2, 0.25) is 6.36 Å². The minimum atomic E-state index is -2.03. The van der Waals surface area contributed by atoms with Crippen LogP contribution in [0, 0.1) is 0 Å². The molecule has 12 nitrogen and oxygen atoms in total. The van der Waals surface area contributed by atoms with Gasteiger partial charge in [-0.25, -0.2) is 4.39 Å². The van der Waals surface area contributed by atoms with E-state index in [4.69, 9.17) is 42.6 Å². The van der Waals surface area contributed by atoms with E-state index in [0.717, 1.165) is 27.8 Å². The van der Waals surface area contributed by atoms with Gasteiger partial charge in [-0.3, -0.25) is 0 Å². The molecule has 1 unspecified atom stereocenters. The smallest absolute Gasteiger partial charge is 0.210 e. The molecule has 3 saturated heterocycles. The summed E-state index contributed by atoms with van der Waals surface area (Å²) >= 11 is 0. The van der Waals surface area contributed by atoms with Gasteiger partial charge in [0.1, 0.15) is 48.8 Å². The number of alkyl halides is 1. The van der Waals surface area contributed by atoms with Gasteiger partial charge in [0.15, 0.2) is 12.6 Å². The molecule has 0 radical (unpaired) electrons. The zero-order chi connectivity index (χ0) is 40.9. The van der Waals surface area contributed by atoms with Crippen molar-refractivity contribution in [3.05, 3.63) is 190 Å². The number of ether oxygens (including phenoxy) is 9. The Kier molecular flexibility index (Phi) is 14.6. The van der Waals surface area contributed by atoms with E-state index < -0.39 is 67.7 Å². The quantitative estimate of drug-likeness (QED) is 0.0515. The number of hydrogen-bond acceptors (Lipinski definition) is 10. The van der Waals surface area contributed by atoms with Crippen molar-refractivity contribution < 1.29 is 47.0 Å². The molecule has 312 valence electrons. The average molecular weight is 818 g/mol. The summed E-state index contributed by atoms with van der Waals surface area (Å²) in [7, 11) is 0. The normalized spacial score (nSPS) is 28.9. The molecule has 0 spiro atoms. The first-order valence-corrected chi connectivity index (χ1v) is 20.2. The van der Waals surface area contributed by atoms with Crippen molar-refractivity contribution >= 4 is 0 Å². The molecule has 11 atom stereocenters. The summed E-state index contributed by atoms with van der Waals surface area (Å²) in [6.07, 6.45) is -10.4. The van der Waals surface area contributed by atoms with Crippen LogP contribution in [0.2, 0.25) is 0 Å². The third-order valence-corrected chi connectivity index (χ3v) is 10.7. The highest BCUT2D eigenvalue weighted by Crippen LogP contribution is 2.40. The van der Waals surface area contributed by atoms with Gasteiger partial charge in [0.05, 0.1) is 39.6 Å². The third kappa shape index (κ3) is 10.6. The van der Waals surface area contributed by atoms with Gasteiger partial charge in [-0.05, 0) is 27.8 Å². The molecule has 3 aliphatic heterocycles. The predicted octanol–water partition coefficient (Wildman–Crippen LogP) is 8.56. The van der Waals surface area contributed by atoms with Crippen LogP contribution in [0.25, 0.3) is 10.4 Å². The summed E-state index contributed by atoms with van der Waals surface area (Å²) in [6, 6.07) is 47.1. The van der Waals surface area contributed by atoms with Gasteiger partial charge in [-0.15, -0.1) is 0 Å². The molecule has 8 rings (SSSR count). The maximum atomic E-state index is 16.0. The summed E-state index contributed by atoms with van der Waals surface area (Å²) in [6.45, 7) is 1.00. The Morgan fingerprint density at radius 1 is 0.583 bits per heavy atom. The van der Waals surface area contributed by atoms with Gasteiger partial charge >= 0.3 is 0 Å². The molecule has 60 heavy (non-hydrogen) atoms. The Labute approximate surface area is 348 Å². The second kappa shape index (κ2) is 21.0. The Morgan fingerprint density at radius 3 is 1.63 bits per heavy atom. The maximum Gasteiger partial charge on any atom is 0.210 e. The highest BCUT2D eigenvalue weighted by Gasteiger charge is 2.55. The molecule has 5 aromatic rings. The van der Waals surface area contributed by atoms with Crippen LogP contribution in [0.4, 0.5) is 4.39 Å². The predicted molar refractivity (Wildman–Crippen MR) is 217 cm³/mol. The number of hydrogen-bond donors (Lipinski definition) is 0. The van der Waals surface area contributed by atoms with E-state index in [1.54, 1.807) is 0 Å². The van der Waals surface area contributed by atoms with Gasteiger partial charge in [-0.2, -0.15) is 0 Å². The summed E-state index contributed by atoms with van der Waals surface area (Å²) in [5, 5.41) is 3.85. The zero-order valence-corrected chi connectivity index (χ0v) is 32.9. The molecule has 0 aromatic heterocycles. The number of halogens is 1. The number of fused-ring (bicyclic) bond motifs is 1. The fourth-order valence-corrected chi connectivity index (χ4v) is 7.68. The van der Waals surface area contributed by atoms with Crippen molar-refractivity contribution in [3.8, 4) is 0 Å². The molecule has 3 fully saturated rings. The molecule has 3 aliphatic rings. The van der Waals surface area contributed by atoms with E-state index in [2.05, 4.69) is 10.0 Å². The standard InChI is InChI=1S/C47H48FN3O9/c48-45-39(50-51-49)42(41-38(57-45)31-56-46(59-41)36-24-14-5-15-25-36)60-47-44(55-29-35-22-12-4-13-23-35)43(54-28-34-20-10-3-11-21-34)40(53-27-33-18-8-2-9-19-33)37(58-47)30-52-26-32-16-6-1-7-17-32/h1-25,37-47H,26-31H2/t37-,38-,39-,40+,41+,42-,43+,44-,45+,46?,47+/m1/s1. The Balaban J connectivity index is 1.16. The molecule has 5 aromatic carbocycles. The van der Waals surface area contributed by atoms with Crippen LogP contribution in [0.15, 0.2) is 157 Å². The molecule has 3 heterocycles. The summed E-state index contributed by atoms with van der Waals surface area (Å²) in [4.78, 5) is 2.99. The molecule has 0 bridgehead atoms. The topological polar surface area (TPSA) is 132 Å². The molecule has 0 saturated carbocycles. The summed E-state index contributed by atoms with van der Waals surface area (Å²) in [5.41, 5.74) is 14.2. The van der Waals surface area contributed by atoms with Gasteiger partial charge in [0, 0.05) is 10.5 Å².